The van der Waals surface area contributed by atoms with Crippen molar-refractivity contribution in [2.24, 2.45) is 0 Å². The molecule has 0 fully saturated rings. The van der Waals surface area contributed by atoms with Crippen LogP contribution < -0.4 is 5.32 Å². The van der Waals surface area contributed by atoms with Crippen molar-refractivity contribution >= 4 is 67.6 Å². The van der Waals surface area contributed by atoms with Crippen LogP contribution in [0.15, 0.2) is 75.3 Å². The first-order valence-electron chi connectivity index (χ1n) is 9.59. The van der Waals surface area contributed by atoms with Crippen molar-refractivity contribution < 1.29 is 9.21 Å². The summed E-state index contributed by atoms with van der Waals surface area (Å²) in [6.45, 7) is 0. The van der Waals surface area contributed by atoms with Crippen LogP contribution in [-0.4, -0.2) is 10.9 Å². The normalized spacial score (nSPS) is 11.3. The van der Waals surface area contributed by atoms with Gasteiger partial charge in [-0.25, -0.2) is 4.98 Å². The van der Waals surface area contributed by atoms with Crippen molar-refractivity contribution in [3.05, 3.63) is 97.1 Å². The minimum Gasteiger partial charge on any atom is -0.457 e. The number of carbonyl (C=O) groups is 1. The van der Waals surface area contributed by atoms with E-state index < -0.39 is 5.91 Å². The lowest BCUT2D eigenvalue weighted by Gasteiger charge is -2.02. The van der Waals surface area contributed by atoms with Crippen LogP contribution in [0, 0.1) is 11.3 Å². The number of thiazole rings is 1. The molecule has 33 heavy (non-hydrogen) atoms. The lowest BCUT2D eigenvalue weighted by Crippen LogP contribution is -2.13. The average Bonchev–Trinajstić information content (AvgIpc) is 3.44. The van der Waals surface area contributed by atoms with Gasteiger partial charge in [0.05, 0.1) is 0 Å². The number of aromatic nitrogens is 1. The molecule has 164 valence electrons. The molecule has 0 atom stereocenters. The Balaban J connectivity index is 1.45. The molecule has 0 radical (unpaired) electrons. The molecular weight excluding hydrogens is 545 g/mol. The van der Waals surface area contributed by atoms with Gasteiger partial charge in [-0.15, -0.1) is 11.3 Å². The Hall–Kier alpha value is -2.89. The SMILES string of the molecule is N#CC(=Cc1ccc(-c2ccc(Br)cc2)o1)C(=O)Nc1ncc(Cc2ccc(Cl)cc2Cl)s1. The molecule has 9 heteroatoms. The number of halogens is 3. The number of nitrogens with zero attached hydrogens (tertiary/aromatic N) is 2. The highest BCUT2D eigenvalue weighted by Crippen LogP contribution is 2.28. The van der Waals surface area contributed by atoms with Gasteiger partial charge in [0.2, 0.25) is 0 Å². The third-order valence-electron chi connectivity index (χ3n) is 4.56. The molecule has 4 aromatic rings. The first-order chi connectivity index (χ1) is 15.9. The van der Waals surface area contributed by atoms with Crippen molar-refractivity contribution in [3.63, 3.8) is 0 Å². The standard InChI is InChI=1S/C24H14BrCl2N3O2S/c25-17-4-1-14(2-5-17)22-8-7-19(32-22)9-16(12-28)23(31)30-24-29-13-20(33-24)10-15-3-6-18(26)11-21(15)27/h1-9,11,13H,10H2,(H,29,30,31). The quantitative estimate of drug-likeness (QED) is 0.195. The van der Waals surface area contributed by atoms with Gasteiger partial charge in [-0.3, -0.25) is 10.1 Å². The maximum atomic E-state index is 12.6. The molecule has 0 saturated carbocycles. The summed E-state index contributed by atoms with van der Waals surface area (Å²) in [5.41, 5.74) is 1.70. The van der Waals surface area contributed by atoms with Crippen LogP contribution in [0.2, 0.25) is 10.0 Å². The van der Waals surface area contributed by atoms with Crippen molar-refractivity contribution in [1.82, 2.24) is 4.98 Å². The largest absolute Gasteiger partial charge is 0.457 e. The van der Waals surface area contributed by atoms with E-state index in [-0.39, 0.29) is 5.57 Å². The molecule has 2 aromatic heterocycles. The van der Waals surface area contributed by atoms with E-state index in [1.165, 1.54) is 17.4 Å². The zero-order chi connectivity index (χ0) is 23.4. The number of nitriles is 1. The number of carbonyl (C=O) groups excluding carboxylic acids is 1. The Labute approximate surface area is 212 Å². The summed E-state index contributed by atoms with van der Waals surface area (Å²) in [7, 11) is 0. The number of amides is 1. The van der Waals surface area contributed by atoms with E-state index in [1.807, 2.05) is 36.4 Å². The van der Waals surface area contributed by atoms with Crippen LogP contribution in [0.5, 0.6) is 0 Å². The Kier molecular flexibility index (Phi) is 7.31. The maximum Gasteiger partial charge on any atom is 0.268 e. The van der Waals surface area contributed by atoms with E-state index in [4.69, 9.17) is 27.6 Å². The van der Waals surface area contributed by atoms with E-state index in [2.05, 4.69) is 26.2 Å². The predicted molar refractivity (Wildman–Crippen MR) is 135 cm³/mol. The van der Waals surface area contributed by atoms with E-state index in [0.29, 0.717) is 33.1 Å². The molecule has 5 nitrogen and oxygen atoms in total. The second-order valence-corrected chi connectivity index (χ2v) is 9.75. The van der Waals surface area contributed by atoms with Gasteiger partial charge in [0.15, 0.2) is 5.13 Å². The summed E-state index contributed by atoms with van der Waals surface area (Å²) in [6.07, 6.45) is 3.62. The predicted octanol–water partition coefficient (Wildman–Crippen LogP) is 7.61. The number of benzene rings is 2. The second kappa shape index (κ2) is 10.4. The average molecular weight is 559 g/mol. The Morgan fingerprint density at radius 3 is 2.70 bits per heavy atom. The number of hydrogen-bond acceptors (Lipinski definition) is 5. The molecule has 1 N–H and O–H groups in total. The van der Waals surface area contributed by atoms with Gasteiger partial charge < -0.3 is 4.42 Å². The highest BCUT2D eigenvalue weighted by molar-refractivity contribution is 9.10. The van der Waals surface area contributed by atoms with Gasteiger partial charge in [-0.2, -0.15) is 5.26 Å². The summed E-state index contributed by atoms with van der Waals surface area (Å²) >= 11 is 16.9. The highest BCUT2D eigenvalue weighted by Gasteiger charge is 2.14. The van der Waals surface area contributed by atoms with Crippen molar-refractivity contribution in [1.29, 1.82) is 5.26 Å². The van der Waals surface area contributed by atoms with Crippen LogP contribution >= 0.6 is 50.5 Å². The fourth-order valence-electron chi connectivity index (χ4n) is 2.95. The van der Waals surface area contributed by atoms with Crippen LogP contribution in [-0.2, 0) is 11.2 Å². The van der Waals surface area contributed by atoms with Gasteiger partial charge in [0, 0.05) is 43.7 Å². The van der Waals surface area contributed by atoms with Gasteiger partial charge in [-0.1, -0.05) is 57.3 Å². The smallest absolute Gasteiger partial charge is 0.268 e. The minimum absolute atomic E-state index is 0.0933. The summed E-state index contributed by atoms with van der Waals surface area (Å²) in [4.78, 5) is 17.7. The number of rotatable bonds is 6. The lowest BCUT2D eigenvalue weighted by molar-refractivity contribution is -0.112. The summed E-state index contributed by atoms with van der Waals surface area (Å²) in [5.74, 6) is 0.471. The molecule has 0 unspecified atom stereocenters. The molecule has 2 heterocycles. The molecule has 0 spiro atoms. The van der Waals surface area contributed by atoms with Gasteiger partial charge in [-0.05, 0) is 42.0 Å². The summed E-state index contributed by atoms with van der Waals surface area (Å²) in [6, 6.07) is 18.4. The minimum atomic E-state index is -0.565. The summed E-state index contributed by atoms with van der Waals surface area (Å²) in [5, 5.41) is 13.7. The number of nitrogens with one attached hydrogen (secondary N) is 1. The Morgan fingerprint density at radius 1 is 1.18 bits per heavy atom. The molecule has 0 bridgehead atoms. The number of furan rings is 1. The molecule has 4 rings (SSSR count). The highest BCUT2D eigenvalue weighted by atomic mass is 79.9. The topological polar surface area (TPSA) is 78.9 Å². The summed E-state index contributed by atoms with van der Waals surface area (Å²) < 4.78 is 6.74. The molecule has 0 aliphatic heterocycles. The van der Waals surface area contributed by atoms with Gasteiger partial charge >= 0.3 is 0 Å². The monoisotopic (exact) mass is 557 g/mol. The molecular formula is C24H14BrCl2N3O2S. The van der Waals surface area contributed by atoms with Crippen molar-refractivity contribution in [3.8, 4) is 17.4 Å². The second-order valence-electron chi connectivity index (χ2n) is 6.88. The number of anilines is 1. The molecule has 0 aliphatic carbocycles. The zero-order valence-corrected chi connectivity index (χ0v) is 20.7. The fraction of sp³-hybridized carbons (Fsp3) is 0.0417. The zero-order valence-electron chi connectivity index (χ0n) is 16.8. The maximum absolute atomic E-state index is 12.6. The van der Waals surface area contributed by atoms with Crippen LogP contribution in [0.1, 0.15) is 16.2 Å². The molecule has 1 amide bonds. The van der Waals surface area contributed by atoms with Gasteiger partial charge in [0.1, 0.15) is 23.2 Å². The number of hydrogen-bond donors (Lipinski definition) is 1. The van der Waals surface area contributed by atoms with E-state index in [1.54, 1.807) is 30.5 Å². The molecule has 2 aromatic carbocycles. The first kappa shape index (κ1) is 23.3. The van der Waals surface area contributed by atoms with Crippen molar-refractivity contribution in [2.45, 2.75) is 6.42 Å². The van der Waals surface area contributed by atoms with Crippen molar-refractivity contribution in [2.75, 3.05) is 5.32 Å². The van der Waals surface area contributed by atoms with Gasteiger partial charge in [0.25, 0.3) is 5.91 Å². The third-order valence-corrected chi connectivity index (χ3v) is 6.59. The Bertz CT molecular complexity index is 1390. The molecule has 0 saturated heterocycles. The third kappa shape index (κ3) is 5.92. The van der Waals surface area contributed by atoms with E-state index in [0.717, 1.165) is 20.5 Å². The molecule has 0 aliphatic rings. The van der Waals surface area contributed by atoms with Crippen LogP contribution in [0.3, 0.4) is 0 Å². The first-order valence-corrected chi connectivity index (χ1v) is 12.0. The van der Waals surface area contributed by atoms with Crippen LogP contribution in [0.4, 0.5) is 5.13 Å². The fourth-order valence-corrected chi connectivity index (χ4v) is 4.53. The van der Waals surface area contributed by atoms with E-state index in [9.17, 15) is 10.1 Å². The lowest BCUT2D eigenvalue weighted by atomic mass is 10.1. The van der Waals surface area contributed by atoms with E-state index >= 15 is 0 Å². The Morgan fingerprint density at radius 2 is 1.97 bits per heavy atom. The van der Waals surface area contributed by atoms with Crippen LogP contribution in [0.25, 0.3) is 17.4 Å².